The molecule has 2 amide bonds. The van der Waals surface area contributed by atoms with E-state index >= 15 is 0 Å². The van der Waals surface area contributed by atoms with Crippen LogP contribution in [0.4, 0.5) is 5.69 Å². The van der Waals surface area contributed by atoms with Gasteiger partial charge in [0.2, 0.25) is 11.8 Å². The van der Waals surface area contributed by atoms with Crippen molar-refractivity contribution in [1.82, 2.24) is 5.32 Å². The summed E-state index contributed by atoms with van der Waals surface area (Å²) >= 11 is 0. The molecule has 1 saturated carbocycles. The Balaban J connectivity index is 1.47. The Labute approximate surface area is 188 Å². The van der Waals surface area contributed by atoms with Crippen LogP contribution >= 0.6 is 0 Å². The minimum atomic E-state index is -0.654. The molecular formula is C26H31N3O3. The van der Waals surface area contributed by atoms with E-state index in [0.717, 1.165) is 48.0 Å². The third kappa shape index (κ3) is 5.37. The quantitative estimate of drug-likeness (QED) is 0.521. The lowest BCUT2D eigenvalue weighted by Crippen LogP contribution is -2.48. The number of hydrogen-bond donors (Lipinski definition) is 3. The number of benzene rings is 2. The molecule has 1 atom stereocenters. The van der Waals surface area contributed by atoms with Crippen LogP contribution in [0.5, 0.6) is 0 Å². The van der Waals surface area contributed by atoms with Gasteiger partial charge in [0.25, 0.3) is 0 Å². The molecule has 0 bridgehead atoms. The zero-order valence-electron chi connectivity index (χ0n) is 18.5. The average Bonchev–Trinajstić information content (AvgIpc) is 3.18. The fourth-order valence-corrected chi connectivity index (χ4v) is 4.49. The summed E-state index contributed by atoms with van der Waals surface area (Å²) in [5.74, 6) is 0.995. The van der Waals surface area contributed by atoms with Crippen molar-refractivity contribution in [2.75, 3.05) is 11.9 Å². The zero-order chi connectivity index (χ0) is 22.5. The summed E-state index contributed by atoms with van der Waals surface area (Å²) in [7, 11) is 0. The van der Waals surface area contributed by atoms with E-state index in [1.807, 2.05) is 61.5 Å². The summed E-state index contributed by atoms with van der Waals surface area (Å²) < 4.78 is 5.61. The van der Waals surface area contributed by atoms with Crippen LogP contribution in [0.1, 0.15) is 37.0 Å². The molecule has 1 aliphatic rings. The third-order valence-corrected chi connectivity index (χ3v) is 6.37. The second-order valence-corrected chi connectivity index (χ2v) is 8.80. The van der Waals surface area contributed by atoms with Crippen molar-refractivity contribution in [3.63, 3.8) is 0 Å². The van der Waals surface area contributed by atoms with Crippen molar-refractivity contribution in [2.24, 2.45) is 17.6 Å². The molecule has 0 aliphatic heterocycles. The van der Waals surface area contributed by atoms with E-state index in [0.29, 0.717) is 24.6 Å². The van der Waals surface area contributed by atoms with Crippen LogP contribution in [0.3, 0.4) is 0 Å². The molecule has 0 spiro atoms. The van der Waals surface area contributed by atoms with E-state index in [1.54, 1.807) is 0 Å². The highest BCUT2D eigenvalue weighted by Crippen LogP contribution is 2.28. The number of rotatable bonds is 7. The molecule has 1 fully saturated rings. The molecule has 168 valence electrons. The average molecular weight is 434 g/mol. The van der Waals surface area contributed by atoms with E-state index in [4.69, 9.17) is 10.2 Å². The Morgan fingerprint density at radius 2 is 1.81 bits per heavy atom. The Hall–Kier alpha value is -3.12. The van der Waals surface area contributed by atoms with Crippen molar-refractivity contribution in [1.29, 1.82) is 0 Å². The summed E-state index contributed by atoms with van der Waals surface area (Å²) in [5, 5.41) is 6.94. The number of anilines is 1. The van der Waals surface area contributed by atoms with E-state index < -0.39 is 6.04 Å². The number of aryl methyl sites for hydroxylation is 1. The van der Waals surface area contributed by atoms with Crippen LogP contribution in [-0.2, 0) is 16.0 Å². The Morgan fingerprint density at radius 3 is 2.53 bits per heavy atom. The molecule has 1 aliphatic carbocycles. The lowest BCUT2D eigenvalue weighted by Gasteiger charge is -2.28. The first kappa shape index (κ1) is 22.1. The minimum absolute atomic E-state index is 0.0440. The first-order chi connectivity index (χ1) is 15.5. The van der Waals surface area contributed by atoms with Gasteiger partial charge in [0, 0.05) is 23.4 Å². The standard InChI is InChI=1S/C26H31N3O3/c1-17-13-21-15-22(11-12-24(21)32-17)28-26(31)23(14-18-5-3-2-4-6-18)29-25(30)20-9-7-19(16-27)8-10-20/h2-6,11-13,15,19-20,23H,7-10,14,16,27H2,1H3,(H,28,31)(H,29,30)/t19?,20?,23-/m0/s1. The van der Waals surface area contributed by atoms with Crippen LogP contribution in [0, 0.1) is 18.8 Å². The number of amides is 2. The summed E-state index contributed by atoms with van der Waals surface area (Å²) in [6.07, 6.45) is 4.01. The van der Waals surface area contributed by atoms with Crippen molar-refractivity contribution in [2.45, 2.75) is 45.1 Å². The van der Waals surface area contributed by atoms with Crippen molar-refractivity contribution < 1.29 is 14.0 Å². The van der Waals surface area contributed by atoms with Gasteiger partial charge in [-0.3, -0.25) is 9.59 Å². The number of carbonyl (C=O) groups is 2. The van der Waals surface area contributed by atoms with Gasteiger partial charge < -0.3 is 20.8 Å². The van der Waals surface area contributed by atoms with Gasteiger partial charge in [0.05, 0.1) is 0 Å². The van der Waals surface area contributed by atoms with Gasteiger partial charge in [-0.15, -0.1) is 0 Å². The second-order valence-electron chi connectivity index (χ2n) is 8.80. The maximum absolute atomic E-state index is 13.2. The molecule has 3 aromatic rings. The number of carbonyl (C=O) groups excluding carboxylic acids is 2. The van der Waals surface area contributed by atoms with Crippen molar-refractivity contribution >= 4 is 28.5 Å². The van der Waals surface area contributed by atoms with Crippen LogP contribution in [0.15, 0.2) is 59.0 Å². The molecule has 1 aromatic heterocycles. The smallest absolute Gasteiger partial charge is 0.247 e. The first-order valence-corrected chi connectivity index (χ1v) is 11.4. The van der Waals surface area contributed by atoms with Crippen LogP contribution in [0.25, 0.3) is 11.0 Å². The molecule has 32 heavy (non-hydrogen) atoms. The van der Waals surface area contributed by atoms with Gasteiger partial charge in [-0.25, -0.2) is 0 Å². The predicted molar refractivity (Wildman–Crippen MR) is 126 cm³/mol. The lowest BCUT2D eigenvalue weighted by atomic mass is 9.81. The van der Waals surface area contributed by atoms with E-state index in [-0.39, 0.29) is 17.7 Å². The molecule has 4 N–H and O–H groups in total. The molecule has 2 aromatic carbocycles. The highest BCUT2D eigenvalue weighted by atomic mass is 16.3. The minimum Gasteiger partial charge on any atom is -0.461 e. The Morgan fingerprint density at radius 1 is 1.06 bits per heavy atom. The highest BCUT2D eigenvalue weighted by molar-refractivity contribution is 5.99. The molecule has 0 saturated heterocycles. The molecule has 6 heteroatoms. The Bertz CT molecular complexity index is 1070. The van der Waals surface area contributed by atoms with Gasteiger partial charge >= 0.3 is 0 Å². The monoisotopic (exact) mass is 433 g/mol. The van der Waals surface area contributed by atoms with Crippen molar-refractivity contribution in [3.8, 4) is 0 Å². The Kier molecular flexibility index (Phi) is 6.90. The normalized spacial score (nSPS) is 19.4. The maximum atomic E-state index is 13.2. The number of hydrogen-bond acceptors (Lipinski definition) is 4. The lowest BCUT2D eigenvalue weighted by molar-refractivity contribution is -0.130. The number of nitrogens with two attached hydrogens (primary N) is 1. The topological polar surface area (TPSA) is 97.4 Å². The molecule has 1 heterocycles. The van der Waals surface area contributed by atoms with Crippen LogP contribution in [0.2, 0.25) is 0 Å². The van der Waals surface area contributed by atoms with E-state index in [1.165, 1.54) is 0 Å². The maximum Gasteiger partial charge on any atom is 0.247 e. The van der Waals surface area contributed by atoms with Gasteiger partial charge in [0.1, 0.15) is 17.4 Å². The summed E-state index contributed by atoms with van der Waals surface area (Å²) in [6, 6.07) is 16.6. The second kappa shape index (κ2) is 10.0. The molecule has 0 unspecified atom stereocenters. The number of fused-ring (bicyclic) bond motifs is 1. The van der Waals surface area contributed by atoms with Gasteiger partial charge in [-0.2, -0.15) is 0 Å². The molecule has 0 radical (unpaired) electrons. The van der Waals surface area contributed by atoms with Crippen molar-refractivity contribution in [3.05, 3.63) is 65.9 Å². The van der Waals surface area contributed by atoms with Gasteiger partial charge in [0.15, 0.2) is 0 Å². The zero-order valence-corrected chi connectivity index (χ0v) is 18.5. The first-order valence-electron chi connectivity index (χ1n) is 11.4. The number of furan rings is 1. The largest absolute Gasteiger partial charge is 0.461 e. The fraction of sp³-hybridized carbons (Fsp3) is 0.385. The van der Waals surface area contributed by atoms with E-state index in [2.05, 4.69) is 10.6 Å². The summed E-state index contributed by atoms with van der Waals surface area (Å²) in [4.78, 5) is 26.2. The summed E-state index contributed by atoms with van der Waals surface area (Å²) in [5.41, 5.74) is 8.24. The molecule has 4 rings (SSSR count). The summed E-state index contributed by atoms with van der Waals surface area (Å²) in [6.45, 7) is 2.57. The van der Waals surface area contributed by atoms with Gasteiger partial charge in [-0.05, 0) is 74.9 Å². The predicted octanol–water partition coefficient (Wildman–Crippen LogP) is 4.17. The van der Waals surface area contributed by atoms with Crippen LogP contribution in [-0.4, -0.2) is 24.4 Å². The fourth-order valence-electron chi connectivity index (χ4n) is 4.49. The van der Waals surface area contributed by atoms with Crippen LogP contribution < -0.4 is 16.4 Å². The third-order valence-electron chi connectivity index (χ3n) is 6.37. The highest BCUT2D eigenvalue weighted by Gasteiger charge is 2.29. The number of nitrogens with one attached hydrogen (secondary N) is 2. The van der Waals surface area contributed by atoms with Gasteiger partial charge in [-0.1, -0.05) is 30.3 Å². The van der Waals surface area contributed by atoms with E-state index in [9.17, 15) is 9.59 Å². The molecular weight excluding hydrogens is 402 g/mol. The SMILES string of the molecule is Cc1cc2cc(NC(=O)[C@H](Cc3ccccc3)NC(=O)C3CCC(CN)CC3)ccc2o1. The molecule has 6 nitrogen and oxygen atoms in total.